The van der Waals surface area contributed by atoms with Gasteiger partial charge in [0, 0.05) is 0 Å². The summed E-state index contributed by atoms with van der Waals surface area (Å²) in [6, 6.07) is 31.0. The van der Waals surface area contributed by atoms with E-state index in [1.54, 1.807) is 97.9 Å². The van der Waals surface area contributed by atoms with Crippen LogP contribution in [0.4, 0.5) is 0 Å². The fourth-order valence-electron chi connectivity index (χ4n) is 3.46. The molecule has 0 N–H and O–H groups in total. The Balaban J connectivity index is 0.000000218. The summed E-state index contributed by atoms with van der Waals surface area (Å²) >= 11 is 0. The van der Waals surface area contributed by atoms with Gasteiger partial charge in [0.2, 0.25) is 0 Å². The first-order valence-corrected chi connectivity index (χ1v) is 12.4. The van der Waals surface area contributed by atoms with E-state index in [4.69, 9.17) is 9.47 Å². The number of benzene rings is 4. The molecule has 0 saturated heterocycles. The van der Waals surface area contributed by atoms with E-state index in [1.807, 2.05) is 18.2 Å². The molecule has 0 amide bonds. The number of carbonyl (C=O) groups is 4. The van der Waals surface area contributed by atoms with E-state index in [2.05, 4.69) is 20.8 Å². The van der Waals surface area contributed by atoms with Gasteiger partial charge < -0.3 is 9.47 Å². The quantitative estimate of drug-likeness (QED) is 0.212. The van der Waals surface area contributed by atoms with Crippen LogP contribution < -0.4 is 0 Å². The van der Waals surface area contributed by atoms with E-state index >= 15 is 0 Å². The third-order valence-electron chi connectivity index (χ3n) is 5.74. The van der Waals surface area contributed by atoms with E-state index < -0.39 is 23.9 Å². The summed E-state index contributed by atoms with van der Waals surface area (Å²) in [5, 5.41) is 0. The minimum absolute atomic E-state index is 0.0162. The van der Waals surface area contributed by atoms with Crippen LogP contribution in [-0.4, -0.2) is 23.9 Å². The molecular weight excluding hydrogens is 492 g/mol. The second kappa shape index (κ2) is 13.1. The summed E-state index contributed by atoms with van der Waals surface area (Å²) in [5.41, 5.74) is 3.41. The lowest BCUT2D eigenvalue weighted by atomic mass is 9.87. The molecule has 0 aromatic heterocycles. The molecule has 6 heteroatoms. The summed E-state index contributed by atoms with van der Waals surface area (Å²) in [7, 11) is 0. The predicted octanol–water partition coefficient (Wildman–Crippen LogP) is 6.97. The van der Waals surface area contributed by atoms with Gasteiger partial charge in [-0.15, -0.1) is 0 Å². The molecule has 0 aliphatic carbocycles. The molecule has 4 aromatic carbocycles. The fraction of sp³-hybridized carbons (Fsp3) is 0.152. The lowest BCUT2D eigenvalue weighted by Crippen LogP contribution is -2.14. The summed E-state index contributed by atoms with van der Waals surface area (Å²) in [5.74, 6) is -2.53. The normalized spacial score (nSPS) is 10.5. The third kappa shape index (κ3) is 8.33. The van der Waals surface area contributed by atoms with Crippen LogP contribution in [-0.2, 0) is 14.9 Å². The van der Waals surface area contributed by atoms with Crippen molar-refractivity contribution in [1.82, 2.24) is 0 Å². The van der Waals surface area contributed by atoms with Crippen LogP contribution in [0.3, 0.4) is 0 Å². The first-order valence-electron chi connectivity index (χ1n) is 12.4. The summed E-state index contributed by atoms with van der Waals surface area (Å²) in [6.45, 7) is 8.08. The predicted molar refractivity (Wildman–Crippen MR) is 149 cm³/mol. The maximum atomic E-state index is 11.9. The van der Waals surface area contributed by atoms with Crippen LogP contribution in [0.1, 0.15) is 73.3 Å². The van der Waals surface area contributed by atoms with Gasteiger partial charge in [-0.1, -0.05) is 87.5 Å². The van der Waals surface area contributed by atoms with E-state index in [-0.39, 0.29) is 5.41 Å². The standard InChI is InChI=1S/C18H18O3.C15H12O3/c1-18(2,3)15-11-9-14(10-12-15)17(20)21-16(19)13-7-5-4-6-8-13;1-11-7-5-6-10-13(11)15(17)18-14(16)12-8-3-2-4-9-12/h4-12H,1-3H3;2-10H,1H3. The molecule has 0 spiro atoms. The van der Waals surface area contributed by atoms with Crippen molar-refractivity contribution in [1.29, 1.82) is 0 Å². The average Bonchev–Trinajstić information content (AvgIpc) is 2.94. The molecule has 0 unspecified atom stereocenters. The van der Waals surface area contributed by atoms with Gasteiger partial charge in [-0.3, -0.25) is 0 Å². The zero-order valence-electron chi connectivity index (χ0n) is 22.3. The van der Waals surface area contributed by atoms with E-state index in [0.717, 1.165) is 11.1 Å². The topological polar surface area (TPSA) is 86.7 Å². The molecule has 0 aliphatic heterocycles. The zero-order valence-corrected chi connectivity index (χ0v) is 22.3. The number of carbonyl (C=O) groups excluding carboxylic acids is 4. The Hall–Kier alpha value is -4.84. The number of hydrogen-bond donors (Lipinski definition) is 0. The van der Waals surface area contributed by atoms with Crippen LogP contribution in [0.25, 0.3) is 0 Å². The highest BCUT2D eigenvalue weighted by atomic mass is 16.6. The van der Waals surface area contributed by atoms with Crippen LogP contribution in [0.15, 0.2) is 109 Å². The average molecular weight is 523 g/mol. The van der Waals surface area contributed by atoms with E-state index in [9.17, 15) is 19.2 Å². The summed E-state index contributed by atoms with van der Waals surface area (Å²) in [4.78, 5) is 47.3. The highest BCUT2D eigenvalue weighted by Crippen LogP contribution is 2.22. The van der Waals surface area contributed by atoms with Crippen molar-refractivity contribution in [3.8, 4) is 0 Å². The van der Waals surface area contributed by atoms with Crippen LogP contribution in [0.5, 0.6) is 0 Å². The lowest BCUT2D eigenvalue weighted by Gasteiger charge is -2.18. The van der Waals surface area contributed by atoms with Gasteiger partial charge >= 0.3 is 23.9 Å². The third-order valence-corrected chi connectivity index (χ3v) is 5.74. The largest absolute Gasteiger partial charge is 0.386 e. The van der Waals surface area contributed by atoms with Crippen LogP contribution in [0.2, 0.25) is 0 Å². The minimum Gasteiger partial charge on any atom is -0.386 e. The molecule has 198 valence electrons. The van der Waals surface area contributed by atoms with Crippen molar-refractivity contribution >= 4 is 23.9 Å². The Morgan fingerprint density at radius 1 is 0.487 bits per heavy atom. The SMILES string of the molecule is CC(C)(C)c1ccc(C(=O)OC(=O)c2ccccc2)cc1.Cc1ccccc1C(=O)OC(=O)c1ccccc1. The Labute approximate surface area is 228 Å². The van der Waals surface area contributed by atoms with Crippen molar-refractivity contribution < 1.29 is 28.7 Å². The number of esters is 4. The molecular formula is C33H30O6. The van der Waals surface area contributed by atoms with E-state index in [0.29, 0.717) is 22.3 Å². The molecule has 4 rings (SSSR count). The molecule has 0 aliphatic rings. The number of rotatable bonds is 4. The first-order chi connectivity index (χ1) is 18.6. The smallest absolute Gasteiger partial charge is 0.346 e. The zero-order chi connectivity index (χ0) is 28.4. The molecule has 0 saturated carbocycles. The number of aryl methyl sites for hydroxylation is 1. The maximum Gasteiger partial charge on any atom is 0.346 e. The molecule has 0 fully saturated rings. The second-order valence-corrected chi connectivity index (χ2v) is 9.73. The highest BCUT2D eigenvalue weighted by Gasteiger charge is 2.18. The van der Waals surface area contributed by atoms with Crippen molar-refractivity contribution in [2.75, 3.05) is 0 Å². The van der Waals surface area contributed by atoms with Crippen molar-refractivity contribution in [2.45, 2.75) is 33.1 Å². The molecule has 0 radical (unpaired) electrons. The Morgan fingerprint density at radius 3 is 1.31 bits per heavy atom. The van der Waals surface area contributed by atoms with Gasteiger partial charge in [-0.25, -0.2) is 19.2 Å². The number of hydrogen-bond acceptors (Lipinski definition) is 6. The fourth-order valence-corrected chi connectivity index (χ4v) is 3.46. The minimum atomic E-state index is -0.638. The first kappa shape index (κ1) is 28.7. The van der Waals surface area contributed by atoms with Gasteiger partial charge in [0.1, 0.15) is 0 Å². The van der Waals surface area contributed by atoms with Crippen LogP contribution in [0, 0.1) is 6.92 Å². The van der Waals surface area contributed by atoms with Crippen molar-refractivity contribution in [2.24, 2.45) is 0 Å². The molecule has 6 nitrogen and oxygen atoms in total. The van der Waals surface area contributed by atoms with Gasteiger partial charge in [-0.05, 0) is 65.9 Å². The molecule has 0 bridgehead atoms. The maximum absolute atomic E-state index is 11.9. The van der Waals surface area contributed by atoms with Gasteiger partial charge in [0.25, 0.3) is 0 Å². The van der Waals surface area contributed by atoms with E-state index in [1.165, 1.54) is 0 Å². The van der Waals surface area contributed by atoms with Gasteiger partial charge in [0.15, 0.2) is 0 Å². The summed E-state index contributed by atoms with van der Waals surface area (Å²) in [6.07, 6.45) is 0. The molecule has 4 aromatic rings. The van der Waals surface area contributed by atoms with Crippen molar-refractivity contribution in [3.05, 3.63) is 143 Å². The summed E-state index contributed by atoms with van der Waals surface area (Å²) < 4.78 is 9.70. The van der Waals surface area contributed by atoms with Gasteiger partial charge in [0.05, 0.1) is 22.3 Å². The Morgan fingerprint density at radius 2 is 0.872 bits per heavy atom. The molecule has 39 heavy (non-hydrogen) atoms. The highest BCUT2D eigenvalue weighted by molar-refractivity contribution is 6.03. The van der Waals surface area contributed by atoms with Gasteiger partial charge in [-0.2, -0.15) is 0 Å². The molecule has 0 heterocycles. The second-order valence-electron chi connectivity index (χ2n) is 9.73. The van der Waals surface area contributed by atoms with Crippen LogP contribution >= 0.6 is 0 Å². The molecule has 0 atom stereocenters. The Bertz CT molecular complexity index is 1430. The Kier molecular flexibility index (Phi) is 9.65. The number of ether oxygens (including phenoxy) is 2. The monoisotopic (exact) mass is 522 g/mol. The lowest BCUT2D eigenvalue weighted by molar-refractivity contribution is 0.0379. The van der Waals surface area contributed by atoms with Crippen molar-refractivity contribution in [3.63, 3.8) is 0 Å².